The van der Waals surface area contributed by atoms with Crippen molar-refractivity contribution in [2.75, 3.05) is 17.1 Å². The molecule has 1 unspecified atom stereocenters. The summed E-state index contributed by atoms with van der Waals surface area (Å²) in [6.45, 7) is 14.6. The van der Waals surface area contributed by atoms with Crippen LogP contribution in [0.4, 0.5) is 5.69 Å². The van der Waals surface area contributed by atoms with Gasteiger partial charge in [0, 0.05) is 29.8 Å². The third-order valence-corrected chi connectivity index (χ3v) is 5.17. The van der Waals surface area contributed by atoms with E-state index in [9.17, 15) is 9.47 Å². The number of allylic oxidation sites excluding steroid dienone is 2. The molecule has 1 N–H and O–H groups in total. The SMILES string of the molecule is C=c1c(C#N)c(-c2ccc(NS(=O)CC)cc2)n(C)/c1=C/C(=C\C)OCC.CCC. The number of nitrogens with zero attached hydrogens (tertiary/aromatic N) is 2. The molecule has 6 heteroatoms. The number of hydrogen-bond donors (Lipinski definition) is 1. The summed E-state index contributed by atoms with van der Waals surface area (Å²) < 4.78 is 22.1. The molecule has 162 valence electrons. The lowest BCUT2D eigenvalue weighted by molar-refractivity contribution is 0.247. The van der Waals surface area contributed by atoms with Crippen molar-refractivity contribution in [3.8, 4) is 17.3 Å². The summed E-state index contributed by atoms with van der Waals surface area (Å²) in [5.74, 6) is 1.27. The second-order valence-electron chi connectivity index (χ2n) is 6.55. The molecule has 0 radical (unpaired) electrons. The van der Waals surface area contributed by atoms with Crippen LogP contribution < -0.4 is 15.3 Å². The normalized spacial score (nSPS) is 12.6. The third-order valence-electron chi connectivity index (χ3n) is 4.18. The first-order valence-corrected chi connectivity index (χ1v) is 11.5. The highest BCUT2D eigenvalue weighted by molar-refractivity contribution is 7.86. The minimum absolute atomic E-state index is 0.536. The molecule has 5 nitrogen and oxygen atoms in total. The van der Waals surface area contributed by atoms with E-state index in [0.29, 0.717) is 23.1 Å². The van der Waals surface area contributed by atoms with E-state index in [1.807, 2.05) is 68.8 Å². The summed E-state index contributed by atoms with van der Waals surface area (Å²) >= 11 is 0. The number of hydrogen-bond acceptors (Lipinski definition) is 3. The molecule has 0 aliphatic heterocycles. The Kier molecular flexibility index (Phi) is 10.7. The van der Waals surface area contributed by atoms with Crippen LogP contribution >= 0.6 is 0 Å². The minimum Gasteiger partial charge on any atom is -0.494 e. The largest absolute Gasteiger partial charge is 0.494 e. The molecule has 30 heavy (non-hydrogen) atoms. The molecule has 0 aliphatic rings. The second kappa shape index (κ2) is 12.7. The van der Waals surface area contributed by atoms with E-state index >= 15 is 0 Å². The predicted molar refractivity (Wildman–Crippen MR) is 128 cm³/mol. The van der Waals surface area contributed by atoms with Crippen LogP contribution in [0.2, 0.25) is 0 Å². The zero-order chi connectivity index (χ0) is 22.7. The molecular weight excluding hydrogens is 394 g/mol. The van der Waals surface area contributed by atoms with Gasteiger partial charge in [0.1, 0.15) is 22.8 Å². The molecule has 0 aliphatic carbocycles. The van der Waals surface area contributed by atoms with Gasteiger partial charge in [-0.1, -0.05) is 45.9 Å². The number of benzene rings is 1. The first-order valence-electron chi connectivity index (χ1n) is 10.2. The van der Waals surface area contributed by atoms with Crippen LogP contribution in [0.3, 0.4) is 0 Å². The smallest absolute Gasteiger partial charge is 0.117 e. The van der Waals surface area contributed by atoms with Crippen LogP contribution in [0.15, 0.2) is 36.1 Å². The standard InChI is InChI=1S/C21H25N3O2S.C3H8/c1-6-18(26-7-2)13-20-15(4)19(14-22)21(24(20)5)16-9-11-17(12-10-16)23-27(25)8-3;1-3-2/h6,9-13,23H,4,7-8H2,1-3,5H3;3H2,1-2H3/b18-6+,20-13+;. The summed E-state index contributed by atoms with van der Waals surface area (Å²) in [6.07, 6.45) is 5.03. The van der Waals surface area contributed by atoms with Crippen LogP contribution in [0.5, 0.6) is 0 Å². The molecule has 0 bridgehead atoms. The van der Waals surface area contributed by atoms with Gasteiger partial charge in [0.05, 0.1) is 23.2 Å². The van der Waals surface area contributed by atoms with Gasteiger partial charge in [0.15, 0.2) is 0 Å². The van der Waals surface area contributed by atoms with Crippen molar-refractivity contribution < 1.29 is 8.95 Å². The molecular formula is C24H33N3O2S. The molecule has 0 amide bonds. The van der Waals surface area contributed by atoms with Crippen molar-refractivity contribution in [1.29, 1.82) is 5.26 Å². The van der Waals surface area contributed by atoms with Gasteiger partial charge in [0.25, 0.3) is 0 Å². The van der Waals surface area contributed by atoms with E-state index in [1.54, 1.807) is 0 Å². The Balaban J connectivity index is 0.00000141. The lowest BCUT2D eigenvalue weighted by Crippen LogP contribution is -2.28. The fourth-order valence-corrected chi connectivity index (χ4v) is 3.36. The lowest BCUT2D eigenvalue weighted by Gasteiger charge is -2.08. The van der Waals surface area contributed by atoms with Crippen molar-refractivity contribution >= 4 is 29.3 Å². The Morgan fingerprint density at radius 2 is 1.87 bits per heavy atom. The molecule has 0 saturated heterocycles. The fourth-order valence-electron chi connectivity index (χ4n) is 2.81. The predicted octanol–water partition coefficient (Wildman–Crippen LogP) is 4.21. The summed E-state index contributed by atoms with van der Waals surface area (Å²) in [4.78, 5) is 0. The Labute approximate surface area is 183 Å². The average molecular weight is 428 g/mol. The van der Waals surface area contributed by atoms with E-state index in [-0.39, 0.29) is 0 Å². The topological polar surface area (TPSA) is 67.0 Å². The van der Waals surface area contributed by atoms with Crippen molar-refractivity contribution in [2.45, 2.75) is 41.0 Å². The van der Waals surface area contributed by atoms with Crippen LogP contribution in [-0.2, 0) is 22.8 Å². The molecule has 0 fully saturated rings. The van der Waals surface area contributed by atoms with E-state index < -0.39 is 11.0 Å². The Hall–Kier alpha value is -2.78. The minimum atomic E-state index is -1.09. The molecule has 0 saturated carbocycles. The van der Waals surface area contributed by atoms with Crippen molar-refractivity contribution in [3.63, 3.8) is 0 Å². The van der Waals surface area contributed by atoms with Gasteiger partial charge in [-0.25, -0.2) is 4.21 Å². The van der Waals surface area contributed by atoms with Crippen molar-refractivity contribution in [3.05, 3.63) is 52.2 Å². The number of nitrogens with one attached hydrogen (secondary N) is 1. The highest BCUT2D eigenvalue weighted by Gasteiger charge is 2.14. The highest BCUT2D eigenvalue weighted by Crippen LogP contribution is 2.22. The zero-order valence-electron chi connectivity index (χ0n) is 18.9. The number of aromatic nitrogens is 1. The van der Waals surface area contributed by atoms with Gasteiger partial charge in [-0.2, -0.15) is 5.26 Å². The van der Waals surface area contributed by atoms with Gasteiger partial charge in [0.2, 0.25) is 0 Å². The summed E-state index contributed by atoms with van der Waals surface area (Å²) in [7, 11) is 0.819. The first-order chi connectivity index (χ1) is 14.4. The Morgan fingerprint density at radius 1 is 1.27 bits per heavy atom. The maximum absolute atomic E-state index is 11.6. The highest BCUT2D eigenvalue weighted by atomic mass is 32.2. The molecule has 1 aromatic heterocycles. The number of ether oxygens (including phenoxy) is 1. The van der Waals surface area contributed by atoms with E-state index in [0.717, 1.165) is 28.1 Å². The Bertz CT molecular complexity index is 1030. The van der Waals surface area contributed by atoms with Crippen molar-refractivity contribution in [1.82, 2.24) is 4.57 Å². The second-order valence-corrected chi connectivity index (χ2v) is 8.02. The molecule has 1 heterocycles. The van der Waals surface area contributed by atoms with E-state index in [4.69, 9.17) is 4.74 Å². The van der Waals surface area contributed by atoms with Gasteiger partial charge in [-0.05, 0) is 37.6 Å². The summed E-state index contributed by atoms with van der Waals surface area (Å²) in [5, 5.41) is 11.2. The molecule has 1 aromatic carbocycles. The van der Waals surface area contributed by atoms with Crippen LogP contribution in [0.25, 0.3) is 23.9 Å². The average Bonchev–Trinajstić information content (AvgIpc) is 2.98. The fraction of sp³-hybridized carbons (Fsp3) is 0.375. The van der Waals surface area contributed by atoms with Crippen LogP contribution in [0.1, 0.15) is 46.6 Å². The monoisotopic (exact) mass is 427 g/mol. The first kappa shape index (κ1) is 25.3. The molecule has 2 rings (SSSR count). The maximum Gasteiger partial charge on any atom is 0.117 e. The lowest BCUT2D eigenvalue weighted by atomic mass is 10.1. The molecule has 2 aromatic rings. The number of rotatable bonds is 7. The van der Waals surface area contributed by atoms with Gasteiger partial charge < -0.3 is 14.0 Å². The number of anilines is 1. The zero-order valence-corrected chi connectivity index (χ0v) is 19.7. The maximum atomic E-state index is 11.6. The van der Waals surface area contributed by atoms with Gasteiger partial charge >= 0.3 is 0 Å². The molecule has 0 spiro atoms. The van der Waals surface area contributed by atoms with Crippen LogP contribution in [0, 0.1) is 11.3 Å². The van der Waals surface area contributed by atoms with Gasteiger partial charge in [-0.15, -0.1) is 0 Å². The van der Waals surface area contributed by atoms with E-state index in [2.05, 4.69) is 31.2 Å². The quantitative estimate of drug-likeness (QED) is 0.673. The summed E-state index contributed by atoms with van der Waals surface area (Å²) in [6, 6.07) is 9.82. The van der Waals surface area contributed by atoms with Crippen molar-refractivity contribution in [2.24, 2.45) is 7.05 Å². The van der Waals surface area contributed by atoms with E-state index in [1.165, 1.54) is 6.42 Å². The van der Waals surface area contributed by atoms with Crippen LogP contribution in [-0.4, -0.2) is 21.1 Å². The van der Waals surface area contributed by atoms with Gasteiger partial charge in [-0.3, -0.25) is 0 Å². The molecule has 1 atom stereocenters. The number of nitriles is 1. The third kappa shape index (κ3) is 6.36. The summed E-state index contributed by atoms with van der Waals surface area (Å²) in [5.41, 5.74) is 3.00. The Morgan fingerprint density at radius 3 is 2.33 bits per heavy atom.